The Morgan fingerprint density at radius 3 is 2.39 bits per heavy atom. The zero-order chi connectivity index (χ0) is 27.7. The molecule has 0 fully saturated rings. The molecule has 2 amide bonds. The molecule has 10 heteroatoms. The summed E-state index contributed by atoms with van der Waals surface area (Å²) in [5.74, 6) is 0.155. The highest BCUT2D eigenvalue weighted by Gasteiger charge is 2.31. The molecule has 3 rings (SSSR count). The number of hydrogen-bond acceptors (Lipinski definition) is 5. The first-order valence-electron chi connectivity index (χ1n) is 11.7. The lowest BCUT2D eigenvalue weighted by Crippen LogP contribution is -2.43. The molecule has 0 saturated carbocycles. The number of carbonyl (C=O) groups excluding carboxylic acids is 2. The van der Waals surface area contributed by atoms with Gasteiger partial charge in [-0.05, 0) is 53.8 Å². The van der Waals surface area contributed by atoms with Crippen LogP contribution in [-0.4, -0.2) is 55.5 Å². The third-order valence-corrected chi connectivity index (χ3v) is 6.66. The molecule has 0 radical (unpaired) electrons. The van der Waals surface area contributed by atoms with Crippen molar-refractivity contribution in [1.29, 1.82) is 0 Å². The largest absolute Gasteiger partial charge is 0.493 e. The molecule has 0 aliphatic carbocycles. The summed E-state index contributed by atoms with van der Waals surface area (Å²) >= 11 is 1.50. The molecule has 0 saturated heterocycles. The predicted octanol–water partition coefficient (Wildman–Crippen LogP) is 5.68. The topological polar surface area (TPSA) is 59.1 Å². The molecule has 0 atom stereocenters. The first-order valence-corrected chi connectivity index (χ1v) is 12.6. The summed E-state index contributed by atoms with van der Waals surface area (Å²) in [5.41, 5.74) is -0.151. The Morgan fingerprint density at radius 2 is 1.76 bits per heavy atom. The van der Waals surface area contributed by atoms with Crippen LogP contribution in [0.25, 0.3) is 0 Å². The first-order chi connectivity index (χ1) is 18.2. The number of benzene rings is 2. The molecule has 3 aromatic rings. The third kappa shape index (κ3) is 7.61. The van der Waals surface area contributed by atoms with Crippen LogP contribution in [0.2, 0.25) is 0 Å². The Labute approximate surface area is 223 Å². The number of halogens is 3. The van der Waals surface area contributed by atoms with Crippen molar-refractivity contribution in [2.24, 2.45) is 0 Å². The van der Waals surface area contributed by atoms with E-state index in [0.717, 1.165) is 22.6 Å². The van der Waals surface area contributed by atoms with Crippen molar-refractivity contribution < 1.29 is 32.2 Å². The highest BCUT2D eigenvalue weighted by Crippen LogP contribution is 2.30. The van der Waals surface area contributed by atoms with Crippen molar-refractivity contribution in [1.82, 2.24) is 9.80 Å². The molecule has 6 nitrogen and oxygen atoms in total. The lowest BCUT2D eigenvalue weighted by Gasteiger charge is -2.27. The fourth-order valence-electron chi connectivity index (χ4n) is 3.83. The van der Waals surface area contributed by atoms with Gasteiger partial charge in [0.15, 0.2) is 11.5 Å². The first kappa shape index (κ1) is 28.8. The lowest BCUT2D eigenvalue weighted by atomic mass is 10.1. The highest BCUT2D eigenvalue weighted by molar-refractivity contribution is 7.09. The number of nitrogens with zero attached hydrogens (tertiary/aromatic N) is 2. The highest BCUT2D eigenvalue weighted by atomic mass is 32.1. The Hall–Kier alpha value is -3.79. The predicted molar refractivity (Wildman–Crippen MR) is 141 cm³/mol. The van der Waals surface area contributed by atoms with Crippen LogP contribution >= 0.6 is 11.3 Å². The van der Waals surface area contributed by atoms with E-state index in [1.54, 1.807) is 25.2 Å². The number of rotatable bonds is 12. The van der Waals surface area contributed by atoms with E-state index in [-0.39, 0.29) is 24.6 Å². The minimum absolute atomic E-state index is 0.00331. The van der Waals surface area contributed by atoms with Crippen molar-refractivity contribution in [2.75, 3.05) is 33.9 Å². The maximum Gasteiger partial charge on any atom is 0.416 e. The minimum atomic E-state index is -4.59. The van der Waals surface area contributed by atoms with Crippen molar-refractivity contribution in [3.05, 3.63) is 94.2 Å². The van der Waals surface area contributed by atoms with Gasteiger partial charge in [-0.3, -0.25) is 9.59 Å². The van der Waals surface area contributed by atoms with Crippen molar-refractivity contribution in [3.8, 4) is 11.5 Å². The second-order valence-corrected chi connectivity index (χ2v) is 9.42. The van der Waals surface area contributed by atoms with Crippen LogP contribution in [0.15, 0.2) is 72.6 Å². The van der Waals surface area contributed by atoms with E-state index >= 15 is 0 Å². The number of methoxy groups -OCH3 is 2. The average Bonchev–Trinajstić information content (AvgIpc) is 3.43. The van der Waals surface area contributed by atoms with Gasteiger partial charge in [-0.25, -0.2) is 0 Å². The van der Waals surface area contributed by atoms with Crippen LogP contribution in [0.3, 0.4) is 0 Å². The van der Waals surface area contributed by atoms with Gasteiger partial charge in [0.2, 0.25) is 5.91 Å². The van der Waals surface area contributed by atoms with E-state index in [9.17, 15) is 22.8 Å². The smallest absolute Gasteiger partial charge is 0.416 e. The maximum atomic E-state index is 13.4. The summed E-state index contributed by atoms with van der Waals surface area (Å²) in [7, 11) is 3.10. The van der Waals surface area contributed by atoms with Gasteiger partial charge in [-0.2, -0.15) is 13.2 Å². The number of amides is 2. The fourth-order valence-corrected chi connectivity index (χ4v) is 4.55. The number of alkyl halides is 3. The summed E-state index contributed by atoms with van der Waals surface area (Å²) in [5, 5.41) is 1.91. The van der Waals surface area contributed by atoms with Gasteiger partial charge >= 0.3 is 6.18 Å². The second-order valence-electron chi connectivity index (χ2n) is 8.39. The van der Waals surface area contributed by atoms with Crippen molar-refractivity contribution >= 4 is 23.2 Å². The number of ether oxygens (including phenoxy) is 2. The molecule has 0 bridgehead atoms. The van der Waals surface area contributed by atoms with Gasteiger partial charge < -0.3 is 19.3 Å². The molecule has 0 aliphatic rings. The van der Waals surface area contributed by atoms with Gasteiger partial charge in [0.05, 0.1) is 26.3 Å². The van der Waals surface area contributed by atoms with E-state index in [4.69, 9.17) is 9.47 Å². The zero-order valence-corrected chi connectivity index (χ0v) is 22.0. The fraction of sp³-hybridized carbons (Fsp3) is 0.286. The monoisotopic (exact) mass is 546 g/mol. The van der Waals surface area contributed by atoms with E-state index in [0.29, 0.717) is 31.0 Å². The number of hydrogen-bond donors (Lipinski definition) is 0. The number of thiophene rings is 1. The molecule has 1 heterocycles. The Morgan fingerprint density at radius 1 is 1.00 bits per heavy atom. The van der Waals surface area contributed by atoms with Gasteiger partial charge in [0, 0.05) is 23.5 Å². The average molecular weight is 547 g/mol. The summed E-state index contributed by atoms with van der Waals surface area (Å²) in [6.07, 6.45) is -2.64. The van der Waals surface area contributed by atoms with Crippen LogP contribution in [0.4, 0.5) is 13.2 Å². The van der Waals surface area contributed by atoms with Gasteiger partial charge in [-0.15, -0.1) is 17.9 Å². The standard InChI is InChI=1S/C28H29F3N2O4S/c1-4-13-33(27(35)21-7-5-8-22(17-21)28(29,30)31)19-26(34)32(18-23-9-6-15-38-23)14-12-20-10-11-24(36-2)25(16-20)37-3/h4-11,15-17H,1,12-14,18-19H2,2-3H3. The molecule has 0 spiro atoms. The maximum absolute atomic E-state index is 13.4. The normalized spacial score (nSPS) is 11.1. The number of carbonyl (C=O) groups is 2. The van der Waals surface area contributed by atoms with Gasteiger partial charge in [0.1, 0.15) is 6.54 Å². The van der Waals surface area contributed by atoms with Crippen LogP contribution in [0, 0.1) is 0 Å². The summed E-state index contributed by atoms with van der Waals surface area (Å²) in [6.45, 7) is 4.02. The molecule has 202 valence electrons. The van der Waals surface area contributed by atoms with E-state index in [2.05, 4.69) is 6.58 Å². The quantitative estimate of drug-likeness (QED) is 0.274. The molecule has 0 unspecified atom stereocenters. The summed E-state index contributed by atoms with van der Waals surface area (Å²) < 4.78 is 50.2. The molecule has 1 aromatic heterocycles. The van der Waals surface area contributed by atoms with Crippen LogP contribution in [0.1, 0.15) is 26.4 Å². The Kier molecular flexibility index (Phi) is 9.95. The summed E-state index contributed by atoms with van der Waals surface area (Å²) in [4.78, 5) is 30.4. The van der Waals surface area contributed by atoms with Crippen LogP contribution in [0.5, 0.6) is 11.5 Å². The molecule has 38 heavy (non-hydrogen) atoms. The van der Waals surface area contributed by atoms with E-state index in [1.165, 1.54) is 34.4 Å². The molecular weight excluding hydrogens is 517 g/mol. The molecular formula is C28H29F3N2O4S. The molecule has 0 N–H and O–H groups in total. The lowest BCUT2D eigenvalue weighted by molar-refractivity contribution is -0.137. The van der Waals surface area contributed by atoms with Crippen LogP contribution in [-0.2, 0) is 23.9 Å². The van der Waals surface area contributed by atoms with Crippen molar-refractivity contribution in [2.45, 2.75) is 19.1 Å². The van der Waals surface area contributed by atoms with Crippen LogP contribution < -0.4 is 9.47 Å². The molecule has 0 aliphatic heterocycles. The zero-order valence-electron chi connectivity index (χ0n) is 21.2. The third-order valence-electron chi connectivity index (χ3n) is 5.80. The van der Waals surface area contributed by atoms with Gasteiger partial charge in [-0.1, -0.05) is 24.3 Å². The minimum Gasteiger partial charge on any atom is -0.493 e. The van der Waals surface area contributed by atoms with Gasteiger partial charge in [0.25, 0.3) is 5.91 Å². The second kappa shape index (κ2) is 13.1. The summed E-state index contributed by atoms with van der Waals surface area (Å²) in [6, 6.07) is 13.5. The Balaban J connectivity index is 1.79. The molecule has 2 aromatic carbocycles. The SMILES string of the molecule is C=CCN(CC(=O)N(CCc1ccc(OC)c(OC)c1)Cc1cccs1)C(=O)c1cccc(C(F)(F)F)c1. The Bertz CT molecular complexity index is 1250. The van der Waals surface area contributed by atoms with Crippen molar-refractivity contribution in [3.63, 3.8) is 0 Å². The van der Waals surface area contributed by atoms with E-state index < -0.39 is 17.6 Å². The van der Waals surface area contributed by atoms with E-state index in [1.807, 2.05) is 29.6 Å².